The molecular weight excluding hydrogens is 318 g/mol. The molecule has 0 fully saturated rings. The molecule has 0 radical (unpaired) electrons. The number of nitrogens with zero attached hydrogens (tertiary/aromatic N) is 1. The van der Waals surface area contributed by atoms with E-state index in [4.69, 9.17) is 0 Å². The molecule has 1 aromatic heterocycles. The van der Waals surface area contributed by atoms with Crippen LogP contribution in [-0.4, -0.2) is 21.0 Å². The highest BCUT2D eigenvalue weighted by molar-refractivity contribution is 5.94. The first kappa shape index (κ1) is 16.6. The number of aromatic nitrogens is 2. The maximum atomic E-state index is 12.1. The zero-order chi connectivity index (χ0) is 17.8. The molecule has 25 heavy (non-hydrogen) atoms. The Bertz CT molecular complexity index is 934. The summed E-state index contributed by atoms with van der Waals surface area (Å²) >= 11 is 0. The van der Waals surface area contributed by atoms with Gasteiger partial charge >= 0.3 is 0 Å². The molecule has 0 aliphatic carbocycles. The number of benzene rings is 2. The van der Waals surface area contributed by atoms with E-state index in [1.165, 1.54) is 6.07 Å². The van der Waals surface area contributed by atoms with Crippen molar-refractivity contribution >= 4 is 11.6 Å². The molecule has 0 bridgehead atoms. The minimum absolute atomic E-state index is 0.217. The molecule has 126 valence electrons. The topological polar surface area (TPSA) is 95.1 Å². The molecule has 0 saturated carbocycles. The summed E-state index contributed by atoms with van der Waals surface area (Å²) in [5.74, 6) is -0.0479. The lowest BCUT2D eigenvalue weighted by molar-refractivity contribution is -0.124. The van der Waals surface area contributed by atoms with Crippen molar-refractivity contribution in [1.82, 2.24) is 9.97 Å². The number of aromatic amines is 1. The molecule has 1 atom stereocenters. The van der Waals surface area contributed by atoms with E-state index in [1.807, 2.05) is 6.07 Å². The summed E-state index contributed by atoms with van der Waals surface area (Å²) in [6.45, 7) is 1.75. The van der Waals surface area contributed by atoms with E-state index in [1.54, 1.807) is 55.5 Å². The van der Waals surface area contributed by atoms with E-state index in [0.717, 1.165) is 5.56 Å². The summed E-state index contributed by atoms with van der Waals surface area (Å²) < 4.78 is 0. The Morgan fingerprint density at radius 2 is 1.80 bits per heavy atom. The van der Waals surface area contributed by atoms with E-state index in [0.29, 0.717) is 22.8 Å². The van der Waals surface area contributed by atoms with Crippen molar-refractivity contribution in [2.75, 3.05) is 5.32 Å². The van der Waals surface area contributed by atoms with E-state index in [2.05, 4.69) is 15.3 Å². The molecule has 0 aliphatic heterocycles. The Balaban J connectivity index is 1.74. The molecule has 1 amide bonds. The van der Waals surface area contributed by atoms with Crippen LogP contribution in [0.1, 0.15) is 17.4 Å². The van der Waals surface area contributed by atoms with Gasteiger partial charge in [0.25, 0.3) is 11.5 Å². The van der Waals surface area contributed by atoms with Gasteiger partial charge in [-0.15, -0.1) is 0 Å². The number of aliphatic hydroxyl groups is 1. The van der Waals surface area contributed by atoms with Gasteiger partial charge in [-0.3, -0.25) is 9.59 Å². The second-order valence-electron chi connectivity index (χ2n) is 5.62. The van der Waals surface area contributed by atoms with E-state index in [9.17, 15) is 14.7 Å². The molecule has 1 heterocycles. The van der Waals surface area contributed by atoms with Gasteiger partial charge in [-0.1, -0.05) is 30.3 Å². The third-order valence-corrected chi connectivity index (χ3v) is 3.66. The standard InChI is InChI=1S/C19H17N3O3/c1-12-11-16(23)22-18(20-12)14-7-9-15(10-8-14)21-19(25)17(24)13-5-3-2-4-6-13/h2-11,17,24H,1H3,(H,21,25)(H,20,22,23). The highest BCUT2D eigenvalue weighted by Crippen LogP contribution is 2.19. The molecule has 3 aromatic rings. The van der Waals surface area contributed by atoms with Crippen molar-refractivity contribution in [3.63, 3.8) is 0 Å². The molecule has 0 aliphatic rings. The van der Waals surface area contributed by atoms with Gasteiger partial charge in [-0.2, -0.15) is 0 Å². The van der Waals surface area contributed by atoms with Crippen molar-refractivity contribution in [2.45, 2.75) is 13.0 Å². The summed E-state index contributed by atoms with van der Waals surface area (Å²) in [5.41, 5.74) is 2.20. The summed E-state index contributed by atoms with van der Waals surface area (Å²) in [6.07, 6.45) is -1.24. The van der Waals surface area contributed by atoms with Gasteiger partial charge in [0.1, 0.15) is 5.82 Å². The van der Waals surface area contributed by atoms with Crippen LogP contribution in [0, 0.1) is 6.92 Å². The Kier molecular flexibility index (Phi) is 4.72. The van der Waals surface area contributed by atoms with Gasteiger partial charge in [-0.05, 0) is 36.8 Å². The van der Waals surface area contributed by atoms with Gasteiger partial charge in [0.2, 0.25) is 0 Å². The maximum absolute atomic E-state index is 12.1. The molecule has 6 nitrogen and oxygen atoms in total. The Morgan fingerprint density at radius 1 is 1.12 bits per heavy atom. The molecule has 3 N–H and O–H groups in total. The molecule has 2 aromatic carbocycles. The van der Waals surface area contributed by atoms with Crippen LogP contribution in [0.5, 0.6) is 0 Å². The third kappa shape index (κ3) is 3.99. The van der Waals surface area contributed by atoms with Crippen molar-refractivity contribution in [2.24, 2.45) is 0 Å². The number of amides is 1. The average molecular weight is 335 g/mol. The predicted octanol–water partition coefficient (Wildman–Crippen LogP) is 2.42. The van der Waals surface area contributed by atoms with Crippen LogP contribution in [0.4, 0.5) is 5.69 Å². The van der Waals surface area contributed by atoms with Crippen molar-refractivity contribution in [3.05, 3.63) is 82.3 Å². The van der Waals surface area contributed by atoms with Gasteiger partial charge in [0.15, 0.2) is 6.10 Å². The van der Waals surface area contributed by atoms with Crippen LogP contribution in [0.25, 0.3) is 11.4 Å². The Labute approximate surface area is 144 Å². The summed E-state index contributed by atoms with van der Waals surface area (Å²) in [7, 11) is 0. The van der Waals surface area contributed by atoms with E-state index >= 15 is 0 Å². The first-order valence-electron chi connectivity index (χ1n) is 7.75. The lowest BCUT2D eigenvalue weighted by atomic mass is 10.1. The zero-order valence-electron chi connectivity index (χ0n) is 13.6. The summed E-state index contributed by atoms with van der Waals surface area (Å²) in [5, 5.41) is 12.7. The molecule has 0 spiro atoms. The number of hydrogen-bond acceptors (Lipinski definition) is 4. The van der Waals surface area contributed by atoms with E-state index in [-0.39, 0.29) is 5.56 Å². The molecule has 1 unspecified atom stereocenters. The van der Waals surface area contributed by atoms with E-state index < -0.39 is 12.0 Å². The normalized spacial score (nSPS) is 11.8. The first-order chi connectivity index (χ1) is 12.0. The van der Waals surface area contributed by atoms with Crippen molar-refractivity contribution in [1.29, 1.82) is 0 Å². The highest BCUT2D eigenvalue weighted by atomic mass is 16.3. The van der Waals surface area contributed by atoms with Crippen LogP contribution >= 0.6 is 0 Å². The van der Waals surface area contributed by atoms with Crippen LogP contribution in [-0.2, 0) is 4.79 Å². The molecule has 6 heteroatoms. The number of carbonyl (C=O) groups is 1. The summed E-state index contributed by atoms with van der Waals surface area (Å²) in [4.78, 5) is 30.6. The maximum Gasteiger partial charge on any atom is 0.257 e. The van der Waals surface area contributed by atoms with Gasteiger partial charge < -0.3 is 15.4 Å². The number of carbonyl (C=O) groups excluding carboxylic acids is 1. The van der Waals surface area contributed by atoms with Crippen LogP contribution in [0.2, 0.25) is 0 Å². The van der Waals surface area contributed by atoms with Gasteiger partial charge in [-0.25, -0.2) is 4.98 Å². The van der Waals surface area contributed by atoms with Gasteiger partial charge in [0.05, 0.1) is 0 Å². The van der Waals surface area contributed by atoms with Crippen molar-refractivity contribution in [3.8, 4) is 11.4 Å². The fourth-order valence-corrected chi connectivity index (χ4v) is 2.42. The fourth-order valence-electron chi connectivity index (χ4n) is 2.42. The second-order valence-corrected chi connectivity index (χ2v) is 5.62. The fraction of sp³-hybridized carbons (Fsp3) is 0.105. The molecule has 3 rings (SSSR count). The number of aryl methyl sites for hydroxylation is 1. The number of hydrogen-bond donors (Lipinski definition) is 3. The minimum atomic E-state index is -1.24. The van der Waals surface area contributed by atoms with Crippen molar-refractivity contribution < 1.29 is 9.90 Å². The largest absolute Gasteiger partial charge is 0.378 e. The quantitative estimate of drug-likeness (QED) is 0.682. The number of aliphatic hydroxyl groups excluding tert-OH is 1. The lowest BCUT2D eigenvalue weighted by Gasteiger charge is -2.12. The monoisotopic (exact) mass is 335 g/mol. The SMILES string of the molecule is Cc1cc(=O)[nH]c(-c2ccc(NC(=O)C(O)c3ccccc3)cc2)n1. The number of H-pyrrole nitrogens is 1. The lowest BCUT2D eigenvalue weighted by Crippen LogP contribution is -2.20. The smallest absolute Gasteiger partial charge is 0.257 e. The number of anilines is 1. The summed E-state index contributed by atoms with van der Waals surface area (Å²) in [6, 6.07) is 17.0. The number of nitrogens with one attached hydrogen (secondary N) is 2. The predicted molar refractivity (Wildman–Crippen MR) is 95.1 cm³/mol. The highest BCUT2D eigenvalue weighted by Gasteiger charge is 2.17. The second kappa shape index (κ2) is 7.11. The third-order valence-electron chi connectivity index (χ3n) is 3.66. The van der Waals surface area contributed by atoms with Crippen LogP contribution in [0.15, 0.2) is 65.5 Å². The Morgan fingerprint density at radius 3 is 2.44 bits per heavy atom. The minimum Gasteiger partial charge on any atom is -0.378 e. The van der Waals surface area contributed by atoms with Crippen LogP contribution < -0.4 is 10.9 Å². The number of rotatable bonds is 4. The molecular formula is C19H17N3O3. The Hall–Kier alpha value is -3.25. The average Bonchev–Trinajstić information content (AvgIpc) is 2.61. The zero-order valence-corrected chi connectivity index (χ0v) is 13.6. The van der Waals surface area contributed by atoms with Gasteiger partial charge in [0, 0.05) is 23.0 Å². The molecule has 0 saturated heterocycles. The first-order valence-corrected chi connectivity index (χ1v) is 7.75. The van der Waals surface area contributed by atoms with Crippen LogP contribution in [0.3, 0.4) is 0 Å².